The largest absolute Gasteiger partial charge is 0.316 e. The number of nitrogens with one attached hydrogen (secondary N) is 2. The Kier molecular flexibility index (Phi) is 3.89. The number of hydrogen-bond acceptors (Lipinski definition) is 3. The molecular formula is C17H33N3. The monoisotopic (exact) mass is 279 g/mol. The second-order valence-corrected chi connectivity index (χ2v) is 8.15. The fourth-order valence-electron chi connectivity index (χ4n) is 5.58. The summed E-state index contributed by atoms with van der Waals surface area (Å²) < 4.78 is 0. The third-order valence-corrected chi connectivity index (χ3v) is 6.17. The van der Waals surface area contributed by atoms with Crippen LogP contribution in [0.4, 0.5) is 0 Å². The molecule has 3 heteroatoms. The lowest BCUT2D eigenvalue weighted by Gasteiger charge is -2.41. The Morgan fingerprint density at radius 3 is 2.55 bits per heavy atom. The van der Waals surface area contributed by atoms with Crippen LogP contribution in [0.15, 0.2) is 0 Å². The lowest BCUT2D eigenvalue weighted by atomic mass is 9.66. The van der Waals surface area contributed by atoms with Crippen LogP contribution in [0.25, 0.3) is 0 Å². The van der Waals surface area contributed by atoms with E-state index in [2.05, 4.69) is 50.2 Å². The molecule has 3 aliphatic heterocycles. The van der Waals surface area contributed by atoms with Crippen LogP contribution in [-0.4, -0.2) is 42.8 Å². The molecule has 6 unspecified atom stereocenters. The first-order chi connectivity index (χ1) is 9.49. The quantitative estimate of drug-likeness (QED) is 0.812. The third kappa shape index (κ3) is 2.13. The standard InChI is InChI=1S/C17H33N3/c1-6-13-15(17(3,4)5)14-11-10-18-9-8-12(11)19-16(14)20(13)7-2/h11-16,18-19H,6-10H2,1-5H3. The van der Waals surface area contributed by atoms with E-state index >= 15 is 0 Å². The molecular weight excluding hydrogens is 246 g/mol. The molecule has 0 amide bonds. The minimum Gasteiger partial charge on any atom is -0.316 e. The maximum absolute atomic E-state index is 4.01. The smallest absolute Gasteiger partial charge is 0.0638 e. The lowest BCUT2D eigenvalue weighted by molar-refractivity contribution is 0.0967. The summed E-state index contributed by atoms with van der Waals surface area (Å²) in [4.78, 5) is 2.78. The van der Waals surface area contributed by atoms with E-state index in [0.717, 1.165) is 29.8 Å². The summed E-state index contributed by atoms with van der Waals surface area (Å²) in [5, 5.41) is 7.66. The molecule has 0 bridgehead atoms. The summed E-state index contributed by atoms with van der Waals surface area (Å²) in [5.74, 6) is 2.49. The first kappa shape index (κ1) is 14.8. The molecule has 20 heavy (non-hydrogen) atoms. The van der Waals surface area contributed by atoms with E-state index in [1.54, 1.807) is 0 Å². The summed E-state index contributed by atoms with van der Waals surface area (Å²) in [6.45, 7) is 15.7. The van der Waals surface area contributed by atoms with E-state index in [-0.39, 0.29) is 0 Å². The van der Waals surface area contributed by atoms with Crippen LogP contribution in [0.3, 0.4) is 0 Å². The molecule has 3 heterocycles. The fraction of sp³-hybridized carbons (Fsp3) is 1.00. The minimum absolute atomic E-state index is 0.404. The van der Waals surface area contributed by atoms with Crippen molar-refractivity contribution in [1.82, 2.24) is 15.5 Å². The van der Waals surface area contributed by atoms with Gasteiger partial charge in [0.15, 0.2) is 0 Å². The van der Waals surface area contributed by atoms with Crippen LogP contribution >= 0.6 is 0 Å². The second-order valence-electron chi connectivity index (χ2n) is 8.15. The zero-order valence-corrected chi connectivity index (χ0v) is 13.9. The van der Waals surface area contributed by atoms with E-state index in [0.29, 0.717) is 11.6 Å². The molecule has 0 radical (unpaired) electrons. The van der Waals surface area contributed by atoms with Gasteiger partial charge in [0.2, 0.25) is 0 Å². The molecule has 116 valence electrons. The number of nitrogens with zero attached hydrogens (tertiary/aromatic N) is 1. The number of likely N-dealkylation sites (tertiary alicyclic amines) is 1. The second kappa shape index (κ2) is 5.26. The Balaban J connectivity index is 1.94. The lowest BCUT2D eigenvalue weighted by Crippen LogP contribution is -2.50. The number of fused-ring (bicyclic) bond motifs is 3. The molecule has 0 saturated carbocycles. The van der Waals surface area contributed by atoms with Gasteiger partial charge in [-0.3, -0.25) is 10.2 Å². The molecule has 3 nitrogen and oxygen atoms in total. The first-order valence-electron chi connectivity index (χ1n) is 8.71. The van der Waals surface area contributed by atoms with Gasteiger partial charge in [-0.1, -0.05) is 34.6 Å². The molecule has 3 saturated heterocycles. The van der Waals surface area contributed by atoms with Gasteiger partial charge in [0.05, 0.1) is 6.17 Å². The Bertz CT molecular complexity index is 349. The molecule has 3 aliphatic rings. The summed E-state index contributed by atoms with van der Waals surface area (Å²) in [6, 6.07) is 1.51. The first-order valence-corrected chi connectivity index (χ1v) is 8.71. The molecule has 6 atom stereocenters. The summed E-state index contributed by atoms with van der Waals surface area (Å²) in [5.41, 5.74) is 0.404. The average Bonchev–Trinajstić information content (AvgIpc) is 2.90. The van der Waals surface area contributed by atoms with Crippen molar-refractivity contribution in [3.8, 4) is 0 Å². The topological polar surface area (TPSA) is 27.3 Å². The molecule has 0 aromatic heterocycles. The van der Waals surface area contributed by atoms with Crippen molar-refractivity contribution in [3.63, 3.8) is 0 Å². The predicted molar refractivity (Wildman–Crippen MR) is 84.6 cm³/mol. The molecule has 3 fully saturated rings. The van der Waals surface area contributed by atoms with Crippen LogP contribution in [0.5, 0.6) is 0 Å². The van der Waals surface area contributed by atoms with Crippen molar-refractivity contribution < 1.29 is 0 Å². The maximum Gasteiger partial charge on any atom is 0.0638 e. The van der Waals surface area contributed by atoms with E-state index in [1.165, 1.54) is 32.5 Å². The van der Waals surface area contributed by atoms with Crippen molar-refractivity contribution in [2.75, 3.05) is 19.6 Å². The molecule has 0 aromatic rings. The van der Waals surface area contributed by atoms with E-state index in [9.17, 15) is 0 Å². The van der Waals surface area contributed by atoms with Crippen LogP contribution < -0.4 is 10.6 Å². The summed E-state index contributed by atoms with van der Waals surface area (Å²) in [6.07, 6.45) is 3.22. The average molecular weight is 279 g/mol. The Hall–Kier alpha value is -0.120. The highest BCUT2D eigenvalue weighted by atomic mass is 15.4. The van der Waals surface area contributed by atoms with Gasteiger partial charge in [-0.2, -0.15) is 0 Å². The van der Waals surface area contributed by atoms with Gasteiger partial charge in [-0.15, -0.1) is 0 Å². The Labute approximate surface area is 124 Å². The van der Waals surface area contributed by atoms with Gasteiger partial charge in [0, 0.05) is 12.1 Å². The summed E-state index contributed by atoms with van der Waals surface area (Å²) in [7, 11) is 0. The van der Waals surface area contributed by atoms with E-state index < -0.39 is 0 Å². The van der Waals surface area contributed by atoms with E-state index in [1.807, 2.05) is 0 Å². The predicted octanol–water partition coefficient (Wildman–Crippen LogP) is 2.29. The Morgan fingerprint density at radius 2 is 1.95 bits per heavy atom. The van der Waals surface area contributed by atoms with Crippen LogP contribution in [0, 0.1) is 23.2 Å². The highest BCUT2D eigenvalue weighted by molar-refractivity contribution is 5.11. The zero-order chi connectivity index (χ0) is 14.5. The van der Waals surface area contributed by atoms with E-state index in [4.69, 9.17) is 0 Å². The molecule has 2 N–H and O–H groups in total. The van der Waals surface area contributed by atoms with Gasteiger partial charge in [0.25, 0.3) is 0 Å². The van der Waals surface area contributed by atoms with Crippen LogP contribution in [0.1, 0.15) is 47.5 Å². The van der Waals surface area contributed by atoms with Gasteiger partial charge < -0.3 is 5.32 Å². The highest BCUT2D eigenvalue weighted by Crippen LogP contribution is 2.52. The van der Waals surface area contributed by atoms with Crippen molar-refractivity contribution in [2.45, 2.75) is 65.7 Å². The van der Waals surface area contributed by atoms with Crippen molar-refractivity contribution in [2.24, 2.45) is 23.2 Å². The molecule has 0 aromatic carbocycles. The number of hydrogen-bond donors (Lipinski definition) is 2. The third-order valence-electron chi connectivity index (χ3n) is 6.17. The minimum atomic E-state index is 0.404. The maximum atomic E-state index is 4.01. The molecule has 0 spiro atoms. The van der Waals surface area contributed by atoms with Gasteiger partial charge in [0.1, 0.15) is 0 Å². The van der Waals surface area contributed by atoms with Crippen LogP contribution in [0.2, 0.25) is 0 Å². The highest BCUT2D eigenvalue weighted by Gasteiger charge is 2.59. The van der Waals surface area contributed by atoms with Crippen molar-refractivity contribution in [1.29, 1.82) is 0 Å². The van der Waals surface area contributed by atoms with Gasteiger partial charge in [-0.05, 0) is 55.6 Å². The van der Waals surface area contributed by atoms with Crippen LogP contribution in [-0.2, 0) is 0 Å². The van der Waals surface area contributed by atoms with Crippen molar-refractivity contribution >= 4 is 0 Å². The SMILES string of the molecule is CCC1C(C(C)(C)C)C2C3CNCCC3NC2N1CC. The molecule has 3 rings (SSSR count). The molecule has 0 aliphatic carbocycles. The fourth-order valence-corrected chi connectivity index (χ4v) is 5.58. The van der Waals surface area contributed by atoms with Gasteiger partial charge >= 0.3 is 0 Å². The van der Waals surface area contributed by atoms with Crippen molar-refractivity contribution in [3.05, 3.63) is 0 Å². The number of piperidine rings is 1. The Morgan fingerprint density at radius 1 is 1.20 bits per heavy atom. The zero-order valence-electron chi connectivity index (χ0n) is 13.9. The van der Waals surface area contributed by atoms with Gasteiger partial charge in [-0.25, -0.2) is 0 Å². The number of rotatable bonds is 2. The normalized spacial score (nSPS) is 45.5. The summed E-state index contributed by atoms with van der Waals surface area (Å²) >= 11 is 0.